The minimum absolute atomic E-state index is 0.0357. The number of Topliss-reactive ketones (excluding diaryl/α,β-unsaturated/α-hetero) is 1. The molecule has 0 aliphatic heterocycles. The number of rotatable bonds is 4. The van der Waals surface area contributed by atoms with Gasteiger partial charge in [0, 0.05) is 6.42 Å². The van der Waals surface area contributed by atoms with Gasteiger partial charge in [0.15, 0.2) is 0 Å². The standard InChI is InChI=1S/C25H42O2.2HI.V/c1-16(5-6-17(2)26)21-9-10-22-20-8-7-18-15-19(27)11-13-24(18,3)23(20)12-14-25(21,22)4;;;/h16,18-23,27H,5-15H2,1-4H3;2*1H;/q;;;+2/p-2. The predicted molar refractivity (Wildman–Crippen MR) is 138 cm³/mol. The van der Waals surface area contributed by atoms with Crippen molar-refractivity contribution in [2.75, 3.05) is 0 Å². The Bertz CT molecular complexity index is 602. The van der Waals surface area contributed by atoms with Crippen molar-refractivity contribution in [2.45, 2.75) is 104 Å². The first kappa shape index (κ1) is 26.3. The summed E-state index contributed by atoms with van der Waals surface area (Å²) in [5.74, 6) is 5.36. The molecule has 0 heterocycles. The van der Waals surface area contributed by atoms with Crippen LogP contribution in [0.2, 0.25) is 0 Å². The number of carbonyl (C=O) groups is 1. The number of carbonyl (C=O) groups excluding carboxylic acids is 1. The van der Waals surface area contributed by atoms with Gasteiger partial charge in [-0.05, 0) is 117 Å². The molecule has 4 saturated carbocycles. The number of aliphatic hydroxyl groups is 1. The van der Waals surface area contributed by atoms with Crippen LogP contribution in [0, 0.1) is 46.3 Å². The summed E-state index contributed by atoms with van der Waals surface area (Å²) in [5, 5.41) is 10.2. The molecule has 0 aromatic heterocycles. The molecule has 0 saturated heterocycles. The van der Waals surface area contributed by atoms with Gasteiger partial charge in [0.05, 0.1) is 6.10 Å². The van der Waals surface area contributed by atoms with Crippen LogP contribution >= 0.6 is 40.0 Å². The zero-order valence-electron chi connectivity index (χ0n) is 19.4. The molecular weight excluding hydrogens is 637 g/mol. The molecule has 30 heavy (non-hydrogen) atoms. The molecule has 0 amide bonds. The van der Waals surface area contributed by atoms with E-state index in [1.54, 1.807) is 6.92 Å². The Kier molecular flexibility index (Phi) is 9.59. The summed E-state index contributed by atoms with van der Waals surface area (Å²) >= 11 is 4.74. The molecule has 4 fully saturated rings. The van der Waals surface area contributed by atoms with Crippen molar-refractivity contribution >= 4 is 45.7 Å². The van der Waals surface area contributed by atoms with E-state index in [4.69, 9.17) is 0 Å². The van der Waals surface area contributed by atoms with Gasteiger partial charge in [0.1, 0.15) is 5.78 Å². The Balaban J connectivity index is 0.000000806. The first-order valence-corrected chi connectivity index (χ1v) is 21.3. The van der Waals surface area contributed by atoms with E-state index in [0.29, 0.717) is 32.0 Å². The molecule has 9 unspecified atom stereocenters. The van der Waals surface area contributed by atoms with Gasteiger partial charge in [-0.15, -0.1) is 0 Å². The van der Waals surface area contributed by atoms with Crippen LogP contribution in [0.15, 0.2) is 0 Å². The summed E-state index contributed by atoms with van der Waals surface area (Å²) in [7, 11) is 0.628. The topological polar surface area (TPSA) is 37.3 Å². The first-order chi connectivity index (χ1) is 14.2. The van der Waals surface area contributed by atoms with Gasteiger partial charge in [-0.1, -0.05) is 20.8 Å². The van der Waals surface area contributed by atoms with Crippen LogP contribution in [-0.4, -0.2) is 17.0 Å². The summed E-state index contributed by atoms with van der Waals surface area (Å²) in [6.45, 7) is 9.38. The molecule has 173 valence electrons. The molecule has 9 atom stereocenters. The normalized spacial score (nSPS) is 45.8. The fourth-order valence-corrected chi connectivity index (χ4v) is 8.84. The Morgan fingerprint density at radius 3 is 2.33 bits per heavy atom. The van der Waals surface area contributed by atoms with E-state index in [-0.39, 0.29) is 6.10 Å². The van der Waals surface area contributed by atoms with Crippen LogP contribution in [0.3, 0.4) is 0 Å². The van der Waals surface area contributed by atoms with Crippen LogP contribution < -0.4 is 0 Å². The Hall–Kier alpha value is 1.67. The average Bonchev–Trinajstić information content (AvgIpc) is 3.04. The molecule has 4 aliphatic rings. The van der Waals surface area contributed by atoms with E-state index in [0.717, 1.165) is 55.3 Å². The van der Waals surface area contributed by atoms with Crippen LogP contribution in [0.25, 0.3) is 0 Å². The summed E-state index contributed by atoms with van der Waals surface area (Å²) in [5.41, 5.74) is 0.997. The molecule has 4 rings (SSSR count). The zero-order chi connectivity index (χ0) is 22.1. The SMILES string of the molecule is CC(=O)CCC(C)C1CCC2C3CCC4CC(O)CCC4(C)C3CCC12C.[I][V][I]. The van der Waals surface area contributed by atoms with Crippen molar-refractivity contribution < 1.29 is 19.4 Å². The van der Waals surface area contributed by atoms with Gasteiger partial charge in [-0.3, -0.25) is 0 Å². The minimum atomic E-state index is -0.0357. The van der Waals surface area contributed by atoms with Gasteiger partial charge >= 0.3 is 49.4 Å². The second-order valence-electron chi connectivity index (χ2n) is 11.6. The van der Waals surface area contributed by atoms with Gasteiger partial charge in [0.2, 0.25) is 0 Å². The number of aliphatic hydroxyl groups excluding tert-OH is 1. The summed E-state index contributed by atoms with van der Waals surface area (Å²) in [6.07, 6.45) is 13.6. The van der Waals surface area contributed by atoms with Crippen LogP contribution in [0.4, 0.5) is 0 Å². The second kappa shape index (κ2) is 10.9. The van der Waals surface area contributed by atoms with Gasteiger partial charge in [0.25, 0.3) is 0 Å². The number of fused-ring (bicyclic) bond motifs is 5. The third-order valence-electron chi connectivity index (χ3n) is 10.4. The van der Waals surface area contributed by atoms with Crippen molar-refractivity contribution in [3.63, 3.8) is 0 Å². The molecule has 0 radical (unpaired) electrons. The first-order valence-electron chi connectivity index (χ1n) is 12.3. The van der Waals surface area contributed by atoms with Crippen LogP contribution in [0.5, 0.6) is 0 Å². The maximum atomic E-state index is 11.5. The Morgan fingerprint density at radius 2 is 1.67 bits per heavy atom. The van der Waals surface area contributed by atoms with Crippen LogP contribution in [-0.2, 0) is 14.3 Å². The predicted octanol–water partition coefficient (Wildman–Crippen LogP) is 7.78. The summed E-state index contributed by atoms with van der Waals surface area (Å²) in [4.78, 5) is 11.5. The Morgan fingerprint density at radius 1 is 1.03 bits per heavy atom. The number of hydrogen-bond acceptors (Lipinski definition) is 2. The third-order valence-corrected chi connectivity index (χ3v) is 10.4. The molecule has 0 spiro atoms. The molecule has 5 heteroatoms. The summed E-state index contributed by atoms with van der Waals surface area (Å²) in [6, 6.07) is 0. The number of halogens is 2. The van der Waals surface area contributed by atoms with E-state index >= 15 is 0 Å². The maximum absolute atomic E-state index is 11.5. The quantitative estimate of drug-likeness (QED) is 0.309. The van der Waals surface area contributed by atoms with Crippen molar-refractivity contribution in [3.8, 4) is 0 Å². The molecular formula is C25H42I2O2V. The van der Waals surface area contributed by atoms with E-state index < -0.39 is 0 Å². The molecule has 0 bridgehead atoms. The van der Waals surface area contributed by atoms with E-state index in [1.807, 2.05) is 0 Å². The average molecular weight is 679 g/mol. The molecule has 1 N–H and O–H groups in total. The molecule has 0 aromatic rings. The van der Waals surface area contributed by atoms with E-state index in [9.17, 15) is 9.90 Å². The van der Waals surface area contributed by atoms with Gasteiger partial charge in [-0.2, -0.15) is 0 Å². The van der Waals surface area contributed by atoms with Crippen molar-refractivity contribution in [3.05, 3.63) is 0 Å². The molecule has 0 aromatic carbocycles. The fraction of sp³-hybridized carbons (Fsp3) is 0.960. The second-order valence-corrected chi connectivity index (χ2v) is 23.4. The van der Waals surface area contributed by atoms with E-state index in [2.05, 4.69) is 60.7 Å². The Labute approximate surface area is 214 Å². The van der Waals surface area contributed by atoms with E-state index in [1.165, 1.54) is 44.9 Å². The summed E-state index contributed by atoms with van der Waals surface area (Å²) < 4.78 is 0. The van der Waals surface area contributed by atoms with Crippen molar-refractivity contribution in [2.24, 2.45) is 46.3 Å². The van der Waals surface area contributed by atoms with Crippen molar-refractivity contribution in [1.82, 2.24) is 0 Å². The van der Waals surface area contributed by atoms with Crippen molar-refractivity contribution in [1.29, 1.82) is 0 Å². The molecule has 2 nitrogen and oxygen atoms in total. The fourth-order valence-electron chi connectivity index (χ4n) is 8.84. The van der Waals surface area contributed by atoms with Crippen LogP contribution in [0.1, 0.15) is 98.3 Å². The van der Waals surface area contributed by atoms with Gasteiger partial charge in [-0.25, -0.2) is 0 Å². The monoisotopic (exact) mass is 679 g/mol. The van der Waals surface area contributed by atoms with Gasteiger partial charge < -0.3 is 9.90 Å². The zero-order valence-corrected chi connectivity index (χ0v) is 25.1. The molecule has 4 aliphatic carbocycles. The number of hydrogen-bond donors (Lipinski definition) is 1. The number of ketones is 1. The third kappa shape index (κ3) is 5.17.